The molecule has 0 aromatic carbocycles. The fourth-order valence-electron chi connectivity index (χ4n) is 2.52. The number of β-amino-alcohol motifs (C(OH)–C–C–N with tert-alkyl or cyclic N) is 1. The van der Waals surface area contributed by atoms with Gasteiger partial charge >= 0.3 is 0 Å². The number of nitrogens with zero attached hydrogens (tertiary/aromatic N) is 1. The van der Waals surface area contributed by atoms with Gasteiger partial charge in [0.1, 0.15) is 0 Å². The zero-order valence-electron chi connectivity index (χ0n) is 9.28. The lowest BCUT2D eigenvalue weighted by atomic mass is 9.92. The molecule has 2 rings (SSSR count). The second kappa shape index (κ2) is 4.49. The molecule has 0 aromatic rings. The molecule has 0 radical (unpaired) electrons. The van der Waals surface area contributed by atoms with E-state index in [0.29, 0.717) is 19.0 Å². The Morgan fingerprint density at radius 3 is 2.87 bits per heavy atom. The zero-order valence-corrected chi connectivity index (χ0v) is 9.28. The molecule has 2 heterocycles. The van der Waals surface area contributed by atoms with E-state index in [9.17, 15) is 9.90 Å². The van der Waals surface area contributed by atoms with E-state index in [1.165, 1.54) is 0 Å². The SMILES string of the molecule is CC1CCCNC1C(=O)N1CCC(O)C1. The minimum absolute atomic E-state index is 0.0240. The van der Waals surface area contributed by atoms with E-state index in [4.69, 9.17) is 0 Å². The van der Waals surface area contributed by atoms with Crippen molar-refractivity contribution >= 4 is 5.91 Å². The van der Waals surface area contributed by atoms with Crippen LogP contribution in [0.25, 0.3) is 0 Å². The number of nitrogens with one attached hydrogen (secondary N) is 1. The first-order valence-corrected chi connectivity index (χ1v) is 5.88. The Morgan fingerprint density at radius 1 is 1.47 bits per heavy atom. The van der Waals surface area contributed by atoms with Crippen LogP contribution in [-0.2, 0) is 4.79 Å². The second-order valence-corrected chi connectivity index (χ2v) is 4.78. The third kappa shape index (κ3) is 2.32. The molecule has 0 aromatic heterocycles. The summed E-state index contributed by atoms with van der Waals surface area (Å²) < 4.78 is 0. The van der Waals surface area contributed by atoms with E-state index in [2.05, 4.69) is 12.2 Å². The highest BCUT2D eigenvalue weighted by molar-refractivity contribution is 5.82. The number of carbonyl (C=O) groups is 1. The van der Waals surface area contributed by atoms with E-state index in [1.807, 2.05) is 0 Å². The molecule has 15 heavy (non-hydrogen) atoms. The van der Waals surface area contributed by atoms with Crippen LogP contribution < -0.4 is 5.32 Å². The topological polar surface area (TPSA) is 52.6 Å². The molecule has 0 bridgehead atoms. The minimum Gasteiger partial charge on any atom is -0.391 e. The monoisotopic (exact) mass is 212 g/mol. The van der Waals surface area contributed by atoms with Gasteiger partial charge in [0, 0.05) is 13.1 Å². The molecule has 4 nitrogen and oxygen atoms in total. The van der Waals surface area contributed by atoms with Crippen LogP contribution in [0.5, 0.6) is 0 Å². The zero-order chi connectivity index (χ0) is 10.8. The molecule has 0 saturated carbocycles. The molecule has 4 heteroatoms. The van der Waals surface area contributed by atoms with Crippen LogP contribution in [0.4, 0.5) is 0 Å². The standard InChI is InChI=1S/C11H20N2O2/c1-8-3-2-5-12-10(8)11(15)13-6-4-9(14)7-13/h8-10,12,14H,2-7H2,1H3. The van der Waals surface area contributed by atoms with Crippen LogP contribution in [-0.4, -0.2) is 47.7 Å². The number of amides is 1. The van der Waals surface area contributed by atoms with Gasteiger partial charge in [0.15, 0.2) is 0 Å². The average Bonchev–Trinajstić information content (AvgIpc) is 2.65. The first kappa shape index (κ1) is 10.9. The first-order valence-electron chi connectivity index (χ1n) is 5.88. The number of hydrogen-bond acceptors (Lipinski definition) is 3. The Balaban J connectivity index is 1.94. The predicted molar refractivity (Wildman–Crippen MR) is 57.4 cm³/mol. The van der Waals surface area contributed by atoms with Gasteiger partial charge in [-0.15, -0.1) is 0 Å². The smallest absolute Gasteiger partial charge is 0.240 e. The molecule has 0 aliphatic carbocycles. The lowest BCUT2D eigenvalue weighted by Crippen LogP contribution is -2.51. The van der Waals surface area contributed by atoms with Crippen LogP contribution in [0.2, 0.25) is 0 Å². The quantitative estimate of drug-likeness (QED) is 0.641. The van der Waals surface area contributed by atoms with Crippen molar-refractivity contribution in [3.05, 3.63) is 0 Å². The van der Waals surface area contributed by atoms with Crippen LogP contribution in [0.15, 0.2) is 0 Å². The van der Waals surface area contributed by atoms with Crippen molar-refractivity contribution in [2.45, 2.75) is 38.3 Å². The predicted octanol–water partition coefficient (Wildman–Crippen LogP) is -0.0323. The van der Waals surface area contributed by atoms with Gasteiger partial charge < -0.3 is 15.3 Å². The third-order valence-corrected chi connectivity index (χ3v) is 3.51. The van der Waals surface area contributed by atoms with Gasteiger partial charge in [-0.05, 0) is 31.7 Å². The summed E-state index contributed by atoms with van der Waals surface area (Å²) in [6.07, 6.45) is 2.70. The van der Waals surface area contributed by atoms with Gasteiger partial charge in [0.25, 0.3) is 0 Å². The van der Waals surface area contributed by atoms with Gasteiger partial charge in [-0.25, -0.2) is 0 Å². The molecule has 2 aliphatic heterocycles. The molecule has 3 atom stereocenters. The van der Waals surface area contributed by atoms with E-state index in [-0.39, 0.29) is 18.1 Å². The second-order valence-electron chi connectivity index (χ2n) is 4.78. The Bertz CT molecular complexity index is 245. The fourth-order valence-corrected chi connectivity index (χ4v) is 2.52. The average molecular weight is 212 g/mol. The van der Waals surface area contributed by atoms with Crippen molar-refractivity contribution in [1.82, 2.24) is 10.2 Å². The number of carbonyl (C=O) groups excluding carboxylic acids is 1. The molecule has 2 N–H and O–H groups in total. The number of likely N-dealkylation sites (tertiary alicyclic amines) is 1. The lowest BCUT2D eigenvalue weighted by Gasteiger charge is -2.32. The van der Waals surface area contributed by atoms with E-state index in [0.717, 1.165) is 25.8 Å². The van der Waals surface area contributed by atoms with Gasteiger partial charge in [-0.1, -0.05) is 6.92 Å². The molecular formula is C11H20N2O2. The van der Waals surface area contributed by atoms with Crippen molar-refractivity contribution in [1.29, 1.82) is 0 Å². The van der Waals surface area contributed by atoms with Crippen molar-refractivity contribution in [3.8, 4) is 0 Å². The van der Waals surface area contributed by atoms with Gasteiger partial charge in [0.2, 0.25) is 5.91 Å². The Hall–Kier alpha value is -0.610. The first-order chi connectivity index (χ1) is 7.18. The number of hydrogen-bond donors (Lipinski definition) is 2. The van der Waals surface area contributed by atoms with Crippen LogP contribution >= 0.6 is 0 Å². The van der Waals surface area contributed by atoms with Crippen molar-refractivity contribution in [2.24, 2.45) is 5.92 Å². The number of aliphatic hydroxyl groups is 1. The van der Waals surface area contributed by atoms with Gasteiger partial charge in [-0.3, -0.25) is 4.79 Å². The molecule has 86 valence electrons. The Kier molecular flexibility index (Phi) is 3.26. The minimum atomic E-state index is -0.312. The molecule has 2 aliphatic rings. The van der Waals surface area contributed by atoms with Crippen molar-refractivity contribution in [3.63, 3.8) is 0 Å². The summed E-state index contributed by atoms with van der Waals surface area (Å²) in [6, 6.07) is -0.0240. The fraction of sp³-hybridized carbons (Fsp3) is 0.909. The van der Waals surface area contributed by atoms with Crippen LogP contribution in [0.3, 0.4) is 0 Å². The highest BCUT2D eigenvalue weighted by atomic mass is 16.3. The van der Waals surface area contributed by atoms with E-state index < -0.39 is 0 Å². The van der Waals surface area contributed by atoms with E-state index >= 15 is 0 Å². The van der Waals surface area contributed by atoms with Crippen LogP contribution in [0, 0.1) is 5.92 Å². The number of aliphatic hydroxyl groups excluding tert-OH is 1. The van der Waals surface area contributed by atoms with Crippen LogP contribution in [0.1, 0.15) is 26.2 Å². The maximum atomic E-state index is 12.1. The maximum absolute atomic E-state index is 12.1. The van der Waals surface area contributed by atoms with Crippen molar-refractivity contribution in [2.75, 3.05) is 19.6 Å². The summed E-state index contributed by atoms with van der Waals surface area (Å²) in [6.45, 7) is 4.30. The summed E-state index contributed by atoms with van der Waals surface area (Å²) >= 11 is 0. The number of rotatable bonds is 1. The largest absolute Gasteiger partial charge is 0.391 e. The Labute approximate surface area is 90.6 Å². The summed E-state index contributed by atoms with van der Waals surface area (Å²) in [4.78, 5) is 13.9. The molecule has 0 spiro atoms. The summed E-state index contributed by atoms with van der Waals surface area (Å²) in [5.74, 6) is 0.600. The third-order valence-electron chi connectivity index (χ3n) is 3.51. The van der Waals surface area contributed by atoms with E-state index in [1.54, 1.807) is 4.90 Å². The molecule has 2 fully saturated rings. The molecule has 3 unspecified atom stereocenters. The maximum Gasteiger partial charge on any atom is 0.240 e. The van der Waals surface area contributed by atoms with Gasteiger partial charge in [-0.2, -0.15) is 0 Å². The van der Waals surface area contributed by atoms with Crippen molar-refractivity contribution < 1.29 is 9.90 Å². The molecule has 2 saturated heterocycles. The molecular weight excluding hydrogens is 192 g/mol. The summed E-state index contributed by atoms with van der Waals surface area (Å²) in [5, 5.41) is 12.7. The van der Waals surface area contributed by atoms with Gasteiger partial charge in [0.05, 0.1) is 12.1 Å². The molecule has 1 amide bonds. The lowest BCUT2D eigenvalue weighted by molar-refractivity contribution is -0.134. The summed E-state index contributed by atoms with van der Waals surface area (Å²) in [7, 11) is 0. The number of piperidine rings is 1. The Morgan fingerprint density at radius 2 is 2.27 bits per heavy atom. The highest BCUT2D eigenvalue weighted by Gasteiger charge is 2.33. The summed E-state index contributed by atoms with van der Waals surface area (Å²) in [5.41, 5.74) is 0. The highest BCUT2D eigenvalue weighted by Crippen LogP contribution is 2.19. The normalized spacial score (nSPS) is 36.9.